The average molecular weight is 397 g/mol. The second-order valence-electron chi connectivity index (χ2n) is 6.23. The van der Waals surface area contributed by atoms with Gasteiger partial charge in [-0.2, -0.15) is 15.0 Å². The lowest BCUT2D eigenvalue weighted by molar-refractivity contribution is 0.308. The highest BCUT2D eigenvalue weighted by Crippen LogP contribution is 2.27. The van der Waals surface area contributed by atoms with E-state index in [4.69, 9.17) is 33.7 Å². The maximum Gasteiger partial charge on any atom is 0.230 e. The second kappa shape index (κ2) is 8.70. The van der Waals surface area contributed by atoms with E-state index in [1.807, 2.05) is 0 Å². The van der Waals surface area contributed by atoms with Crippen molar-refractivity contribution in [3.63, 3.8) is 0 Å². The fourth-order valence-electron chi connectivity index (χ4n) is 2.69. The van der Waals surface area contributed by atoms with Crippen LogP contribution in [0.1, 0.15) is 12.2 Å². The Balaban J connectivity index is 1.54. The summed E-state index contributed by atoms with van der Waals surface area (Å²) in [7, 11) is 2.11. The number of halogens is 2. The van der Waals surface area contributed by atoms with Gasteiger partial charge in [-0.3, -0.25) is 0 Å². The van der Waals surface area contributed by atoms with Gasteiger partial charge in [0.05, 0.1) is 11.6 Å². The van der Waals surface area contributed by atoms with Crippen LogP contribution in [0.3, 0.4) is 0 Å². The van der Waals surface area contributed by atoms with Crippen LogP contribution in [-0.4, -0.2) is 59.7 Å². The molecule has 0 amide bonds. The van der Waals surface area contributed by atoms with Gasteiger partial charge in [0.15, 0.2) is 0 Å². The van der Waals surface area contributed by atoms with Crippen molar-refractivity contribution in [2.75, 3.05) is 50.5 Å². The van der Waals surface area contributed by atoms with Gasteiger partial charge in [0.2, 0.25) is 11.9 Å². The van der Waals surface area contributed by atoms with Gasteiger partial charge in [-0.15, -0.1) is 0 Å². The molecule has 2 aromatic rings. The fourth-order valence-corrected chi connectivity index (χ4v) is 3.15. The lowest BCUT2D eigenvalue weighted by atomic mass is 10.3. The predicted molar refractivity (Wildman–Crippen MR) is 104 cm³/mol. The quantitative estimate of drug-likeness (QED) is 0.751. The molecule has 0 bridgehead atoms. The summed E-state index contributed by atoms with van der Waals surface area (Å²) in [5, 5.41) is 1.08. The van der Waals surface area contributed by atoms with Crippen molar-refractivity contribution in [3.8, 4) is 5.75 Å². The molecule has 0 radical (unpaired) electrons. The number of nitrogens with zero attached hydrogens (tertiary/aromatic N) is 5. The Kier molecular flexibility index (Phi) is 6.34. The molecule has 2 N–H and O–H groups in total. The van der Waals surface area contributed by atoms with E-state index < -0.39 is 0 Å². The molecule has 0 unspecified atom stereocenters. The lowest BCUT2D eigenvalue weighted by Crippen LogP contribution is -2.45. The smallest absolute Gasteiger partial charge is 0.230 e. The molecule has 0 spiro atoms. The van der Waals surface area contributed by atoms with Crippen molar-refractivity contribution in [1.29, 1.82) is 0 Å². The van der Waals surface area contributed by atoms with Gasteiger partial charge in [-0.1, -0.05) is 23.2 Å². The number of aromatic nitrogens is 3. The Morgan fingerprint density at radius 2 is 1.88 bits per heavy atom. The third kappa shape index (κ3) is 5.09. The zero-order valence-corrected chi connectivity index (χ0v) is 16.2. The molecule has 26 heavy (non-hydrogen) atoms. The maximum atomic E-state index is 6.10. The number of likely N-dealkylation sites (N-methyl/N-ethyl adjacent to an activating group) is 1. The molecule has 1 saturated heterocycles. The molecule has 1 fully saturated rings. The van der Waals surface area contributed by atoms with Crippen molar-refractivity contribution in [1.82, 2.24) is 19.9 Å². The van der Waals surface area contributed by atoms with Crippen LogP contribution >= 0.6 is 23.2 Å². The van der Waals surface area contributed by atoms with Gasteiger partial charge < -0.3 is 20.3 Å². The number of aryl methyl sites for hydroxylation is 1. The third-order valence-electron chi connectivity index (χ3n) is 4.17. The minimum Gasteiger partial charge on any atom is -0.492 e. The van der Waals surface area contributed by atoms with Gasteiger partial charge in [-0.25, -0.2) is 0 Å². The Labute approximate surface area is 163 Å². The first-order chi connectivity index (χ1) is 12.5. The van der Waals surface area contributed by atoms with Crippen LogP contribution in [0.15, 0.2) is 18.2 Å². The molecule has 1 aliphatic heterocycles. The van der Waals surface area contributed by atoms with E-state index in [0.717, 1.165) is 32.6 Å². The number of hydrogen-bond acceptors (Lipinski definition) is 7. The molecular weight excluding hydrogens is 375 g/mol. The standard InChI is InChI=1S/C17H22Cl2N6O/c1-24-6-8-25(9-7-24)17-22-15(21-16(20)23-17)3-2-10-26-14-5-4-12(18)11-13(14)19/h4-5,11H,2-3,6-10H2,1H3,(H2,20,21,22,23). The number of hydrogen-bond donors (Lipinski definition) is 1. The van der Waals surface area contributed by atoms with E-state index in [0.29, 0.717) is 40.6 Å². The Bertz CT molecular complexity index is 752. The minimum absolute atomic E-state index is 0.255. The average Bonchev–Trinajstić information content (AvgIpc) is 2.60. The van der Waals surface area contributed by atoms with E-state index in [9.17, 15) is 0 Å². The van der Waals surface area contributed by atoms with Crippen LogP contribution in [0.5, 0.6) is 5.75 Å². The molecule has 7 nitrogen and oxygen atoms in total. The zero-order chi connectivity index (χ0) is 18.5. The molecule has 3 rings (SSSR count). The van der Waals surface area contributed by atoms with Crippen LogP contribution in [0.25, 0.3) is 0 Å². The van der Waals surface area contributed by atoms with Crippen LogP contribution in [0, 0.1) is 0 Å². The second-order valence-corrected chi connectivity index (χ2v) is 7.07. The number of anilines is 2. The predicted octanol–water partition coefficient (Wildman–Crippen LogP) is 2.52. The Hall–Kier alpha value is -1.83. The van der Waals surface area contributed by atoms with Crippen LogP contribution in [0.4, 0.5) is 11.9 Å². The summed E-state index contributed by atoms with van der Waals surface area (Å²) >= 11 is 12.0. The van der Waals surface area contributed by atoms with Crippen molar-refractivity contribution in [2.24, 2.45) is 0 Å². The molecule has 9 heteroatoms. The topological polar surface area (TPSA) is 80.4 Å². The van der Waals surface area contributed by atoms with E-state index in [1.165, 1.54) is 0 Å². The highest BCUT2D eigenvalue weighted by Gasteiger charge is 2.18. The first-order valence-electron chi connectivity index (χ1n) is 8.53. The SMILES string of the molecule is CN1CCN(c2nc(N)nc(CCCOc3ccc(Cl)cc3Cl)n2)CC1. The van der Waals surface area contributed by atoms with Crippen molar-refractivity contribution < 1.29 is 4.74 Å². The summed E-state index contributed by atoms with van der Waals surface area (Å²) in [5.41, 5.74) is 5.86. The van der Waals surface area contributed by atoms with Gasteiger partial charge in [0.1, 0.15) is 11.6 Å². The van der Waals surface area contributed by atoms with E-state index in [1.54, 1.807) is 18.2 Å². The van der Waals surface area contributed by atoms with E-state index in [-0.39, 0.29) is 5.95 Å². The molecule has 2 heterocycles. The zero-order valence-electron chi connectivity index (χ0n) is 14.7. The van der Waals surface area contributed by atoms with Gasteiger partial charge in [0, 0.05) is 37.6 Å². The van der Waals surface area contributed by atoms with Gasteiger partial charge in [-0.05, 0) is 31.7 Å². The fraction of sp³-hybridized carbons (Fsp3) is 0.471. The minimum atomic E-state index is 0.255. The van der Waals surface area contributed by atoms with Crippen molar-refractivity contribution in [3.05, 3.63) is 34.1 Å². The summed E-state index contributed by atoms with van der Waals surface area (Å²) in [6.45, 7) is 4.24. The number of benzene rings is 1. The molecule has 0 saturated carbocycles. The molecular formula is C17H22Cl2N6O. The largest absolute Gasteiger partial charge is 0.492 e. The van der Waals surface area contributed by atoms with Gasteiger partial charge in [0.25, 0.3) is 0 Å². The molecule has 140 valence electrons. The van der Waals surface area contributed by atoms with Crippen molar-refractivity contribution >= 4 is 35.1 Å². The normalized spacial score (nSPS) is 15.3. The monoisotopic (exact) mass is 396 g/mol. The molecule has 0 aliphatic carbocycles. The molecule has 1 aliphatic rings. The van der Waals surface area contributed by atoms with E-state index >= 15 is 0 Å². The van der Waals surface area contributed by atoms with Crippen LogP contribution in [0.2, 0.25) is 10.0 Å². The molecule has 1 aromatic carbocycles. The lowest BCUT2D eigenvalue weighted by Gasteiger charge is -2.32. The van der Waals surface area contributed by atoms with Crippen molar-refractivity contribution in [2.45, 2.75) is 12.8 Å². The van der Waals surface area contributed by atoms with Crippen LogP contribution < -0.4 is 15.4 Å². The highest BCUT2D eigenvalue weighted by atomic mass is 35.5. The number of nitrogen functional groups attached to an aromatic ring is 1. The maximum absolute atomic E-state index is 6.10. The Morgan fingerprint density at radius 3 is 2.62 bits per heavy atom. The van der Waals surface area contributed by atoms with Crippen LogP contribution in [-0.2, 0) is 6.42 Å². The third-order valence-corrected chi connectivity index (χ3v) is 4.70. The number of ether oxygens (including phenoxy) is 1. The van der Waals surface area contributed by atoms with Gasteiger partial charge >= 0.3 is 0 Å². The first kappa shape index (κ1) is 18.9. The summed E-state index contributed by atoms with van der Waals surface area (Å²) in [5.74, 6) is 2.20. The Morgan fingerprint density at radius 1 is 1.12 bits per heavy atom. The summed E-state index contributed by atoms with van der Waals surface area (Å²) < 4.78 is 5.69. The molecule has 1 aromatic heterocycles. The summed E-state index contributed by atoms with van der Waals surface area (Å²) in [6.07, 6.45) is 1.39. The number of nitrogens with two attached hydrogens (primary N) is 1. The molecule has 0 atom stereocenters. The highest BCUT2D eigenvalue weighted by molar-refractivity contribution is 6.35. The number of rotatable bonds is 6. The summed E-state index contributed by atoms with van der Waals surface area (Å²) in [4.78, 5) is 17.5. The first-order valence-corrected chi connectivity index (χ1v) is 9.28. The van der Waals surface area contributed by atoms with E-state index in [2.05, 4.69) is 31.8 Å². The number of piperazine rings is 1. The summed E-state index contributed by atoms with van der Waals surface area (Å²) in [6, 6.07) is 5.17.